The zero-order valence-corrected chi connectivity index (χ0v) is 14.1. The second-order valence-corrected chi connectivity index (χ2v) is 5.54. The lowest BCUT2D eigenvalue weighted by Gasteiger charge is -2.05. The van der Waals surface area contributed by atoms with Gasteiger partial charge in [0.2, 0.25) is 5.91 Å². The van der Waals surface area contributed by atoms with Gasteiger partial charge in [0.1, 0.15) is 11.3 Å². The Balaban J connectivity index is 1.74. The standard InChI is InChI=1S/C18H23NO5/c1-22-14-7-8-15-13(12-24-16(15)11-14)10-17(20)19-9-5-3-4-6-18(21)23-2/h7-8,11-12H,3-6,9-10H2,1-2H3,(H,19,20). The van der Waals surface area contributed by atoms with Crippen LogP contribution in [-0.2, 0) is 20.7 Å². The van der Waals surface area contributed by atoms with E-state index in [-0.39, 0.29) is 18.3 Å². The molecule has 1 N–H and O–H groups in total. The molecule has 2 aromatic rings. The number of nitrogens with one attached hydrogen (secondary N) is 1. The summed E-state index contributed by atoms with van der Waals surface area (Å²) in [7, 11) is 2.99. The van der Waals surface area contributed by atoms with Crippen molar-refractivity contribution in [2.24, 2.45) is 0 Å². The quantitative estimate of drug-likeness (QED) is 0.564. The Hall–Kier alpha value is -2.50. The van der Waals surface area contributed by atoms with Crippen molar-refractivity contribution in [3.8, 4) is 5.75 Å². The summed E-state index contributed by atoms with van der Waals surface area (Å²) < 4.78 is 15.2. The van der Waals surface area contributed by atoms with E-state index in [4.69, 9.17) is 9.15 Å². The summed E-state index contributed by atoms with van der Waals surface area (Å²) in [4.78, 5) is 23.0. The molecule has 1 aromatic carbocycles. The van der Waals surface area contributed by atoms with Gasteiger partial charge in [0, 0.05) is 30.0 Å². The molecule has 24 heavy (non-hydrogen) atoms. The Morgan fingerprint density at radius 1 is 1.17 bits per heavy atom. The van der Waals surface area contributed by atoms with Crippen molar-refractivity contribution in [2.75, 3.05) is 20.8 Å². The van der Waals surface area contributed by atoms with Gasteiger partial charge in [-0.05, 0) is 25.0 Å². The number of rotatable bonds is 9. The predicted molar refractivity (Wildman–Crippen MR) is 90.0 cm³/mol. The van der Waals surface area contributed by atoms with Gasteiger partial charge in [-0.25, -0.2) is 0 Å². The fourth-order valence-corrected chi connectivity index (χ4v) is 2.46. The number of hydrogen-bond acceptors (Lipinski definition) is 5. The van der Waals surface area contributed by atoms with Gasteiger partial charge in [0.25, 0.3) is 0 Å². The van der Waals surface area contributed by atoms with E-state index < -0.39 is 0 Å². The average molecular weight is 333 g/mol. The molecular weight excluding hydrogens is 310 g/mol. The van der Waals surface area contributed by atoms with E-state index in [9.17, 15) is 9.59 Å². The van der Waals surface area contributed by atoms with Gasteiger partial charge in [0.05, 0.1) is 26.9 Å². The molecule has 0 unspecified atom stereocenters. The maximum absolute atomic E-state index is 12.0. The molecule has 0 bridgehead atoms. The Kier molecular flexibility index (Phi) is 6.66. The molecule has 2 rings (SSSR count). The zero-order chi connectivity index (χ0) is 17.4. The highest BCUT2D eigenvalue weighted by Gasteiger charge is 2.11. The molecule has 0 aliphatic carbocycles. The molecule has 0 fully saturated rings. The highest BCUT2D eigenvalue weighted by molar-refractivity contribution is 5.88. The third-order valence-electron chi connectivity index (χ3n) is 3.82. The SMILES string of the molecule is COC(=O)CCCCCNC(=O)Cc1coc2cc(OC)ccc12. The van der Waals surface area contributed by atoms with Crippen LogP contribution < -0.4 is 10.1 Å². The van der Waals surface area contributed by atoms with E-state index in [2.05, 4.69) is 10.1 Å². The molecule has 1 aromatic heterocycles. The Morgan fingerprint density at radius 2 is 2.00 bits per heavy atom. The first kappa shape index (κ1) is 17.8. The third kappa shape index (κ3) is 5.01. The van der Waals surface area contributed by atoms with Crippen molar-refractivity contribution < 1.29 is 23.5 Å². The Morgan fingerprint density at radius 3 is 2.75 bits per heavy atom. The minimum absolute atomic E-state index is 0.0403. The second kappa shape index (κ2) is 8.96. The van der Waals surface area contributed by atoms with Gasteiger partial charge in [-0.15, -0.1) is 0 Å². The lowest BCUT2D eigenvalue weighted by atomic mass is 10.1. The molecule has 0 saturated carbocycles. The minimum Gasteiger partial charge on any atom is -0.497 e. The highest BCUT2D eigenvalue weighted by Crippen LogP contribution is 2.25. The number of benzene rings is 1. The molecule has 0 aliphatic heterocycles. The van der Waals surface area contributed by atoms with E-state index in [1.165, 1.54) is 7.11 Å². The monoisotopic (exact) mass is 333 g/mol. The van der Waals surface area contributed by atoms with Crippen LogP contribution in [0.5, 0.6) is 5.75 Å². The number of ether oxygens (including phenoxy) is 2. The number of fused-ring (bicyclic) bond motifs is 1. The summed E-state index contributed by atoms with van der Waals surface area (Å²) in [6, 6.07) is 5.55. The first-order chi connectivity index (χ1) is 11.6. The van der Waals surface area contributed by atoms with Gasteiger partial charge in [-0.2, -0.15) is 0 Å². The number of carbonyl (C=O) groups excluding carboxylic acids is 2. The Labute approximate surface area is 141 Å². The Bertz CT molecular complexity index is 692. The number of hydrogen-bond donors (Lipinski definition) is 1. The van der Waals surface area contributed by atoms with Crippen LogP contribution in [0.2, 0.25) is 0 Å². The zero-order valence-electron chi connectivity index (χ0n) is 14.1. The van der Waals surface area contributed by atoms with E-state index in [0.717, 1.165) is 36.0 Å². The summed E-state index contributed by atoms with van der Waals surface area (Å²) >= 11 is 0. The molecule has 0 saturated heterocycles. The van der Waals surface area contributed by atoms with Crippen LogP contribution in [0, 0.1) is 0 Å². The van der Waals surface area contributed by atoms with Crippen LogP contribution in [0.3, 0.4) is 0 Å². The molecule has 1 amide bonds. The minimum atomic E-state index is -0.192. The fraction of sp³-hybridized carbons (Fsp3) is 0.444. The number of methoxy groups -OCH3 is 2. The first-order valence-electron chi connectivity index (χ1n) is 8.01. The maximum Gasteiger partial charge on any atom is 0.305 e. The predicted octanol–water partition coefficient (Wildman–Crippen LogP) is 2.83. The van der Waals surface area contributed by atoms with Gasteiger partial charge in [-0.3, -0.25) is 9.59 Å². The number of esters is 1. The van der Waals surface area contributed by atoms with Crippen molar-refractivity contribution >= 4 is 22.8 Å². The summed E-state index contributed by atoms with van der Waals surface area (Å²) in [5.74, 6) is 0.490. The van der Waals surface area contributed by atoms with Crippen molar-refractivity contribution in [1.29, 1.82) is 0 Å². The lowest BCUT2D eigenvalue weighted by Crippen LogP contribution is -2.26. The molecule has 0 spiro atoms. The largest absolute Gasteiger partial charge is 0.497 e. The van der Waals surface area contributed by atoms with Crippen molar-refractivity contribution in [3.63, 3.8) is 0 Å². The summed E-state index contributed by atoms with van der Waals surface area (Å²) in [5.41, 5.74) is 1.57. The van der Waals surface area contributed by atoms with Gasteiger partial charge >= 0.3 is 5.97 Å². The van der Waals surface area contributed by atoms with Crippen molar-refractivity contribution in [2.45, 2.75) is 32.1 Å². The number of amides is 1. The molecule has 1 heterocycles. The van der Waals surface area contributed by atoms with Gasteiger partial charge in [-0.1, -0.05) is 6.42 Å². The van der Waals surface area contributed by atoms with Crippen molar-refractivity contribution in [3.05, 3.63) is 30.0 Å². The highest BCUT2D eigenvalue weighted by atomic mass is 16.5. The number of furan rings is 1. The van der Waals surface area contributed by atoms with Gasteiger partial charge in [0.15, 0.2) is 0 Å². The lowest BCUT2D eigenvalue weighted by molar-refractivity contribution is -0.140. The van der Waals surface area contributed by atoms with Crippen LogP contribution in [-0.4, -0.2) is 32.6 Å². The van der Waals surface area contributed by atoms with Crippen LogP contribution in [0.1, 0.15) is 31.2 Å². The summed E-state index contributed by atoms with van der Waals surface area (Å²) in [5, 5.41) is 3.81. The van der Waals surface area contributed by atoms with Crippen LogP contribution in [0.25, 0.3) is 11.0 Å². The first-order valence-corrected chi connectivity index (χ1v) is 8.01. The van der Waals surface area contributed by atoms with E-state index in [0.29, 0.717) is 18.5 Å². The summed E-state index contributed by atoms with van der Waals surface area (Å²) in [6.07, 6.45) is 4.81. The van der Waals surface area contributed by atoms with Crippen LogP contribution >= 0.6 is 0 Å². The van der Waals surface area contributed by atoms with E-state index in [1.54, 1.807) is 19.4 Å². The molecule has 0 aliphatic rings. The second-order valence-electron chi connectivity index (χ2n) is 5.54. The topological polar surface area (TPSA) is 77.8 Å². The molecule has 6 nitrogen and oxygen atoms in total. The van der Waals surface area contributed by atoms with Gasteiger partial charge < -0.3 is 19.2 Å². The average Bonchev–Trinajstić information content (AvgIpc) is 2.99. The van der Waals surface area contributed by atoms with E-state index in [1.807, 2.05) is 12.1 Å². The van der Waals surface area contributed by atoms with Crippen molar-refractivity contribution in [1.82, 2.24) is 5.32 Å². The third-order valence-corrected chi connectivity index (χ3v) is 3.82. The van der Waals surface area contributed by atoms with E-state index >= 15 is 0 Å². The molecule has 130 valence electrons. The summed E-state index contributed by atoms with van der Waals surface area (Å²) in [6.45, 7) is 0.601. The normalized spacial score (nSPS) is 10.6. The smallest absolute Gasteiger partial charge is 0.305 e. The molecule has 6 heteroatoms. The van der Waals surface area contributed by atoms with Crippen LogP contribution in [0.4, 0.5) is 0 Å². The molecule has 0 atom stereocenters. The number of unbranched alkanes of at least 4 members (excludes halogenated alkanes) is 2. The van der Waals surface area contributed by atoms with Crippen LogP contribution in [0.15, 0.2) is 28.9 Å². The maximum atomic E-state index is 12.0. The molecular formula is C18H23NO5. The fourth-order valence-electron chi connectivity index (χ4n) is 2.46. The molecule has 0 radical (unpaired) electrons. The number of carbonyl (C=O) groups is 2.